The van der Waals surface area contributed by atoms with Gasteiger partial charge < -0.3 is 4.90 Å². The highest BCUT2D eigenvalue weighted by atomic mass is 15.1. The molecule has 0 saturated heterocycles. The topological polar surface area (TPSA) is 3.24 Å². The van der Waals surface area contributed by atoms with Crippen molar-refractivity contribution in [2.45, 2.75) is 34.1 Å². The molecule has 1 aliphatic carbocycles. The molecule has 3 rings (SSSR count). The summed E-state index contributed by atoms with van der Waals surface area (Å²) in [4.78, 5) is 2.42. The van der Waals surface area contributed by atoms with Crippen molar-refractivity contribution in [2.24, 2.45) is 0 Å². The average molecular weight is 265 g/mol. The van der Waals surface area contributed by atoms with Crippen LogP contribution < -0.4 is 4.90 Å². The summed E-state index contributed by atoms with van der Waals surface area (Å²) >= 11 is 0. The minimum Gasteiger partial charge on any atom is -0.372 e. The molecule has 1 aliphatic rings. The fourth-order valence-electron chi connectivity index (χ4n) is 3.52. The van der Waals surface area contributed by atoms with Gasteiger partial charge in [0.25, 0.3) is 0 Å². The third-order valence-corrected chi connectivity index (χ3v) is 4.43. The number of nitrogens with zero attached hydrogens (tertiary/aromatic N) is 1. The highest BCUT2D eigenvalue weighted by Gasteiger charge is 2.21. The van der Waals surface area contributed by atoms with Gasteiger partial charge >= 0.3 is 0 Å². The van der Waals surface area contributed by atoms with Gasteiger partial charge in [0.05, 0.1) is 0 Å². The minimum absolute atomic E-state index is 1.06. The van der Waals surface area contributed by atoms with Crippen molar-refractivity contribution >= 4 is 5.69 Å². The van der Waals surface area contributed by atoms with E-state index in [4.69, 9.17) is 0 Å². The van der Waals surface area contributed by atoms with Crippen LogP contribution >= 0.6 is 0 Å². The first-order valence-corrected chi connectivity index (χ1v) is 7.62. The molecule has 0 atom stereocenters. The van der Waals surface area contributed by atoms with Crippen LogP contribution in [0, 0.1) is 13.8 Å². The molecule has 0 N–H and O–H groups in total. The van der Waals surface area contributed by atoms with E-state index in [1.54, 1.807) is 0 Å². The predicted molar refractivity (Wildman–Crippen MR) is 87.7 cm³/mol. The Morgan fingerprint density at radius 1 is 0.950 bits per heavy atom. The first-order chi connectivity index (χ1) is 9.63. The molecule has 1 nitrogen and oxygen atoms in total. The van der Waals surface area contributed by atoms with E-state index in [-0.39, 0.29) is 0 Å². The van der Waals surface area contributed by atoms with Crippen LogP contribution in [0.5, 0.6) is 0 Å². The van der Waals surface area contributed by atoms with E-state index < -0.39 is 0 Å². The Morgan fingerprint density at radius 2 is 1.70 bits per heavy atom. The summed E-state index contributed by atoms with van der Waals surface area (Å²) in [6, 6.07) is 11.6. The second-order valence-corrected chi connectivity index (χ2v) is 5.81. The Balaban J connectivity index is 2.13. The van der Waals surface area contributed by atoms with Gasteiger partial charge in [-0.05, 0) is 74.1 Å². The Hall–Kier alpha value is -1.76. The molecule has 0 unspecified atom stereocenters. The molecular weight excluding hydrogens is 242 g/mol. The molecule has 20 heavy (non-hydrogen) atoms. The highest BCUT2D eigenvalue weighted by molar-refractivity contribution is 5.82. The predicted octanol–water partition coefficient (Wildman–Crippen LogP) is 4.72. The maximum atomic E-state index is 2.42. The summed E-state index contributed by atoms with van der Waals surface area (Å²) in [6.07, 6.45) is 1.09. The lowest BCUT2D eigenvalue weighted by Crippen LogP contribution is -2.21. The summed E-state index contributed by atoms with van der Waals surface area (Å²) in [5.74, 6) is 0. The molecule has 2 aromatic carbocycles. The zero-order valence-corrected chi connectivity index (χ0v) is 13.0. The standard InChI is InChI=1S/C19H23N/c1-5-20(6-2)17-8-7-15-11-16-10-13(3)9-14(4)19(16)18(15)12-17/h7-10,12H,5-6,11H2,1-4H3. The van der Waals surface area contributed by atoms with Crippen LogP contribution in [0.2, 0.25) is 0 Å². The monoisotopic (exact) mass is 265 g/mol. The number of hydrogen-bond donors (Lipinski definition) is 0. The zero-order valence-electron chi connectivity index (χ0n) is 13.0. The van der Waals surface area contributed by atoms with Crippen molar-refractivity contribution < 1.29 is 0 Å². The smallest absolute Gasteiger partial charge is 0.0372 e. The number of aryl methyl sites for hydroxylation is 2. The number of hydrogen-bond acceptors (Lipinski definition) is 1. The number of fused-ring (bicyclic) bond motifs is 3. The normalized spacial score (nSPS) is 12.2. The molecule has 0 radical (unpaired) electrons. The van der Waals surface area contributed by atoms with Crippen molar-refractivity contribution in [3.63, 3.8) is 0 Å². The van der Waals surface area contributed by atoms with E-state index in [2.05, 4.69) is 62.9 Å². The maximum absolute atomic E-state index is 2.42. The summed E-state index contributed by atoms with van der Waals surface area (Å²) in [5.41, 5.74) is 10.0. The second-order valence-electron chi connectivity index (χ2n) is 5.81. The van der Waals surface area contributed by atoms with Crippen LogP contribution in [0.25, 0.3) is 11.1 Å². The molecular formula is C19H23N. The van der Waals surface area contributed by atoms with Crippen molar-refractivity contribution in [1.82, 2.24) is 0 Å². The average Bonchev–Trinajstić information content (AvgIpc) is 2.77. The molecule has 0 saturated carbocycles. The van der Waals surface area contributed by atoms with Gasteiger partial charge in [0, 0.05) is 18.8 Å². The van der Waals surface area contributed by atoms with Gasteiger partial charge in [-0.3, -0.25) is 0 Å². The van der Waals surface area contributed by atoms with E-state index in [1.807, 2.05) is 0 Å². The van der Waals surface area contributed by atoms with Crippen LogP contribution in [-0.4, -0.2) is 13.1 Å². The van der Waals surface area contributed by atoms with Gasteiger partial charge in [-0.1, -0.05) is 23.8 Å². The van der Waals surface area contributed by atoms with E-state index >= 15 is 0 Å². The molecule has 0 aromatic heterocycles. The first-order valence-electron chi connectivity index (χ1n) is 7.62. The van der Waals surface area contributed by atoms with Crippen molar-refractivity contribution in [2.75, 3.05) is 18.0 Å². The van der Waals surface area contributed by atoms with Gasteiger partial charge in [-0.25, -0.2) is 0 Å². The fourth-order valence-corrected chi connectivity index (χ4v) is 3.52. The lowest BCUT2D eigenvalue weighted by Gasteiger charge is -2.22. The largest absolute Gasteiger partial charge is 0.372 e. The lowest BCUT2D eigenvalue weighted by atomic mass is 9.98. The Kier molecular flexibility index (Phi) is 3.29. The van der Waals surface area contributed by atoms with Gasteiger partial charge in [0.2, 0.25) is 0 Å². The van der Waals surface area contributed by atoms with Gasteiger partial charge in [0.15, 0.2) is 0 Å². The molecule has 0 heterocycles. The van der Waals surface area contributed by atoms with E-state index in [0.29, 0.717) is 0 Å². The summed E-state index contributed by atoms with van der Waals surface area (Å²) in [7, 11) is 0. The van der Waals surface area contributed by atoms with Gasteiger partial charge in [-0.2, -0.15) is 0 Å². The quantitative estimate of drug-likeness (QED) is 0.662. The summed E-state index contributed by atoms with van der Waals surface area (Å²) in [6.45, 7) is 11.0. The maximum Gasteiger partial charge on any atom is 0.0372 e. The van der Waals surface area contributed by atoms with E-state index in [9.17, 15) is 0 Å². The summed E-state index contributed by atoms with van der Waals surface area (Å²) in [5, 5.41) is 0. The molecule has 1 heteroatoms. The summed E-state index contributed by atoms with van der Waals surface area (Å²) < 4.78 is 0. The number of anilines is 1. The van der Waals surface area contributed by atoms with Crippen molar-refractivity contribution in [1.29, 1.82) is 0 Å². The Labute approximate surface area is 122 Å². The van der Waals surface area contributed by atoms with Crippen LogP contribution in [0.4, 0.5) is 5.69 Å². The van der Waals surface area contributed by atoms with Crippen LogP contribution in [0.15, 0.2) is 30.3 Å². The number of benzene rings is 2. The third kappa shape index (κ3) is 2.02. The van der Waals surface area contributed by atoms with Crippen LogP contribution in [-0.2, 0) is 6.42 Å². The molecule has 0 amide bonds. The first kappa shape index (κ1) is 13.2. The third-order valence-electron chi connectivity index (χ3n) is 4.43. The van der Waals surface area contributed by atoms with Gasteiger partial charge in [-0.15, -0.1) is 0 Å². The molecule has 104 valence electrons. The molecule has 0 spiro atoms. The Morgan fingerprint density at radius 3 is 2.40 bits per heavy atom. The van der Waals surface area contributed by atoms with Gasteiger partial charge in [0.1, 0.15) is 0 Å². The zero-order chi connectivity index (χ0) is 14.3. The van der Waals surface area contributed by atoms with E-state index in [0.717, 1.165) is 19.5 Å². The van der Waals surface area contributed by atoms with Crippen LogP contribution in [0.1, 0.15) is 36.1 Å². The highest BCUT2D eigenvalue weighted by Crippen LogP contribution is 2.41. The molecule has 2 aromatic rings. The van der Waals surface area contributed by atoms with E-state index in [1.165, 1.54) is 39.1 Å². The SMILES string of the molecule is CCN(CC)c1ccc2c(c1)-c1c(C)cc(C)cc1C2. The van der Waals surface area contributed by atoms with Crippen molar-refractivity contribution in [3.05, 3.63) is 52.6 Å². The molecule has 0 bridgehead atoms. The minimum atomic E-state index is 1.06. The molecule has 0 fully saturated rings. The van der Waals surface area contributed by atoms with Crippen LogP contribution in [0.3, 0.4) is 0 Å². The fraction of sp³-hybridized carbons (Fsp3) is 0.368. The Bertz CT molecular complexity index is 651. The second kappa shape index (κ2) is 4.97. The molecule has 0 aliphatic heterocycles. The van der Waals surface area contributed by atoms with Crippen molar-refractivity contribution in [3.8, 4) is 11.1 Å². The lowest BCUT2D eigenvalue weighted by molar-refractivity contribution is 0.866. The number of rotatable bonds is 3.